The van der Waals surface area contributed by atoms with Gasteiger partial charge in [0.25, 0.3) is 0 Å². The van der Waals surface area contributed by atoms with Gasteiger partial charge in [-0.2, -0.15) is 0 Å². The molecule has 2 aromatic rings. The van der Waals surface area contributed by atoms with Crippen molar-refractivity contribution in [2.24, 2.45) is 0 Å². The van der Waals surface area contributed by atoms with E-state index in [1.54, 1.807) is 6.07 Å². The molecule has 0 saturated heterocycles. The zero-order chi connectivity index (χ0) is 13.8. The minimum absolute atomic E-state index is 0.325. The maximum atomic E-state index is 13.3. The highest BCUT2D eigenvalue weighted by Crippen LogP contribution is 2.28. The summed E-state index contributed by atoms with van der Waals surface area (Å²) >= 11 is 3.25. The normalized spacial score (nSPS) is 10.5. The van der Waals surface area contributed by atoms with Crippen LogP contribution in [-0.2, 0) is 6.54 Å². The van der Waals surface area contributed by atoms with Gasteiger partial charge >= 0.3 is 0 Å². The fourth-order valence-electron chi connectivity index (χ4n) is 1.85. The van der Waals surface area contributed by atoms with Crippen LogP contribution in [0.3, 0.4) is 0 Å². The predicted molar refractivity (Wildman–Crippen MR) is 78.1 cm³/mol. The van der Waals surface area contributed by atoms with Gasteiger partial charge in [0.15, 0.2) is 0 Å². The molecule has 0 saturated carbocycles. The Bertz CT molecular complexity index is 566. The number of ether oxygens (including phenoxy) is 1. The lowest BCUT2D eigenvalue weighted by molar-refractivity contribution is 0.472. The van der Waals surface area contributed by atoms with Crippen LogP contribution in [0.5, 0.6) is 11.5 Å². The van der Waals surface area contributed by atoms with Crippen molar-refractivity contribution in [2.45, 2.75) is 13.5 Å². The van der Waals surface area contributed by atoms with Gasteiger partial charge in [0.2, 0.25) is 0 Å². The average Bonchev–Trinajstić information content (AvgIpc) is 2.32. The Labute approximate surface area is 120 Å². The molecule has 0 spiro atoms. The van der Waals surface area contributed by atoms with Gasteiger partial charge in [-0.1, -0.05) is 28.1 Å². The third kappa shape index (κ3) is 3.78. The number of aryl methyl sites for hydroxylation is 1. The molecule has 0 aliphatic rings. The summed E-state index contributed by atoms with van der Waals surface area (Å²) in [5.41, 5.74) is 2.21. The van der Waals surface area contributed by atoms with E-state index < -0.39 is 0 Å². The van der Waals surface area contributed by atoms with E-state index in [0.717, 1.165) is 17.9 Å². The van der Waals surface area contributed by atoms with E-state index >= 15 is 0 Å². The number of rotatable bonds is 4. The van der Waals surface area contributed by atoms with E-state index in [1.807, 2.05) is 26.1 Å². The van der Waals surface area contributed by atoms with E-state index in [9.17, 15) is 4.39 Å². The van der Waals surface area contributed by atoms with Gasteiger partial charge in [0.05, 0.1) is 0 Å². The predicted octanol–water partition coefficient (Wildman–Crippen LogP) is 4.41. The fraction of sp³-hybridized carbons (Fsp3) is 0.200. The summed E-state index contributed by atoms with van der Waals surface area (Å²) in [5.74, 6) is 0.891. The van der Waals surface area contributed by atoms with Crippen molar-refractivity contribution in [3.8, 4) is 11.5 Å². The summed E-state index contributed by atoms with van der Waals surface area (Å²) in [6.45, 7) is 2.79. The molecule has 2 aromatic carbocycles. The molecule has 19 heavy (non-hydrogen) atoms. The molecule has 0 amide bonds. The Morgan fingerprint density at radius 2 is 2.00 bits per heavy atom. The smallest absolute Gasteiger partial charge is 0.131 e. The van der Waals surface area contributed by atoms with Crippen molar-refractivity contribution in [3.05, 3.63) is 57.8 Å². The minimum atomic E-state index is -0.325. The van der Waals surface area contributed by atoms with Crippen molar-refractivity contribution < 1.29 is 9.13 Å². The number of hydrogen-bond acceptors (Lipinski definition) is 2. The molecule has 0 bridgehead atoms. The zero-order valence-electron chi connectivity index (χ0n) is 10.8. The Balaban J connectivity index is 2.23. The average molecular weight is 324 g/mol. The summed E-state index contributed by atoms with van der Waals surface area (Å²) in [6, 6.07) is 10.5. The van der Waals surface area contributed by atoms with Crippen LogP contribution >= 0.6 is 15.9 Å². The number of benzene rings is 2. The van der Waals surface area contributed by atoms with Gasteiger partial charge in [-0.3, -0.25) is 0 Å². The van der Waals surface area contributed by atoms with Crippen molar-refractivity contribution in [1.82, 2.24) is 5.32 Å². The number of nitrogens with one attached hydrogen (secondary N) is 1. The third-order valence-corrected chi connectivity index (χ3v) is 3.14. The highest BCUT2D eigenvalue weighted by atomic mass is 79.9. The maximum Gasteiger partial charge on any atom is 0.131 e. The molecule has 0 unspecified atom stereocenters. The quantitative estimate of drug-likeness (QED) is 0.899. The molecule has 0 aliphatic carbocycles. The molecule has 1 N–H and O–H groups in total. The van der Waals surface area contributed by atoms with Gasteiger partial charge < -0.3 is 10.1 Å². The molecule has 0 aromatic heterocycles. The van der Waals surface area contributed by atoms with Crippen molar-refractivity contribution in [2.75, 3.05) is 7.05 Å². The minimum Gasteiger partial charge on any atom is -0.457 e. The summed E-state index contributed by atoms with van der Waals surface area (Å²) in [6.07, 6.45) is 0. The second-order valence-electron chi connectivity index (χ2n) is 4.34. The van der Waals surface area contributed by atoms with Crippen LogP contribution in [0.1, 0.15) is 11.1 Å². The first-order valence-electron chi connectivity index (χ1n) is 5.96. The molecule has 4 heteroatoms. The first-order chi connectivity index (χ1) is 9.08. The highest BCUT2D eigenvalue weighted by Gasteiger charge is 2.05. The topological polar surface area (TPSA) is 21.3 Å². The van der Waals surface area contributed by atoms with Crippen LogP contribution in [0, 0.1) is 12.7 Å². The number of halogens is 2. The fourth-order valence-corrected chi connectivity index (χ4v) is 2.30. The third-order valence-electron chi connectivity index (χ3n) is 2.68. The Hall–Kier alpha value is -1.39. The molecule has 0 radical (unpaired) electrons. The number of hydrogen-bond donors (Lipinski definition) is 1. The van der Waals surface area contributed by atoms with Crippen LogP contribution in [-0.4, -0.2) is 7.05 Å². The summed E-state index contributed by atoms with van der Waals surface area (Å²) in [7, 11) is 1.91. The molecular weight excluding hydrogens is 309 g/mol. The van der Waals surface area contributed by atoms with E-state index in [4.69, 9.17) is 4.74 Å². The molecule has 0 aliphatic heterocycles. The standard InChI is InChI=1S/C15H15BrFNO/c1-10-5-11(9-18-2)3-4-15(10)19-14-7-12(16)6-13(17)8-14/h3-8,18H,9H2,1-2H3. The van der Waals surface area contributed by atoms with Crippen LogP contribution in [0.15, 0.2) is 40.9 Å². The summed E-state index contributed by atoms with van der Waals surface area (Å²) in [5, 5.41) is 3.10. The first-order valence-corrected chi connectivity index (χ1v) is 6.76. The molecular formula is C15H15BrFNO. The molecule has 2 rings (SSSR count). The van der Waals surface area contributed by atoms with E-state index in [2.05, 4.69) is 27.3 Å². The van der Waals surface area contributed by atoms with Gasteiger partial charge in [-0.25, -0.2) is 4.39 Å². The van der Waals surface area contributed by atoms with E-state index in [1.165, 1.54) is 17.7 Å². The first kappa shape index (κ1) is 14.0. The van der Waals surface area contributed by atoms with Crippen molar-refractivity contribution in [1.29, 1.82) is 0 Å². The van der Waals surface area contributed by atoms with Gasteiger partial charge in [-0.15, -0.1) is 0 Å². The second kappa shape index (κ2) is 6.17. The summed E-state index contributed by atoms with van der Waals surface area (Å²) < 4.78 is 19.7. The van der Waals surface area contributed by atoms with Crippen LogP contribution < -0.4 is 10.1 Å². The lowest BCUT2D eigenvalue weighted by atomic mass is 10.1. The molecule has 2 nitrogen and oxygen atoms in total. The van der Waals surface area contributed by atoms with Gasteiger partial charge in [-0.05, 0) is 43.3 Å². The molecule has 100 valence electrons. The summed E-state index contributed by atoms with van der Waals surface area (Å²) in [4.78, 5) is 0. The van der Waals surface area contributed by atoms with Crippen molar-refractivity contribution in [3.63, 3.8) is 0 Å². The second-order valence-corrected chi connectivity index (χ2v) is 5.25. The zero-order valence-corrected chi connectivity index (χ0v) is 12.4. The van der Waals surface area contributed by atoms with Crippen LogP contribution in [0.4, 0.5) is 4.39 Å². The molecule has 0 heterocycles. The lowest BCUT2D eigenvalue weighted by Gasteiger charge is -2.11. The van der Waals surface area contributed by atoms with Crippen LogP contribution in [0.2, 0.25) is 0 Å². The molecule has 0 atom stereocenters. The lowest BCUT2D eigenvalue weighted by Crippen LogP contribution is -2.05. The van der Waals surface area contributed by atoms with Gasteiger partial charge in [0, 0.05) is 17.1 Å². The molecule has 0 fully saturated rings. The van der Waals surface area contributed by atoms with Crippen LogP contribution in [0.25, 0.3) is 0 Å². The Kier molecular flexibility index (Phi) is 4.56. The van der Waals surface area contributed by atoms with Crippen molar-refractivity contribution >= 4 is 15.9 Å². The Morgan fingerprint density at radius 3 is 2.63 bits per heavy atom. The SMILES string of the molecule is CNCc1ccc(Oc2cc(F)cc(Br)c2)c(C)c1. The largest absolute Gasteiger partial charge is 0.457 e. The van der Waals surface area contributed by atoms with E-state index in [-0.39, 0.29) is 5.82 Å². The Morgan fingerprint density at radius 1 is 1.21 bits per heavy atom. The maximum absolute atomic E-state index is 13.3. The van der Waals surface area contributed by atoms with Gasteiger partial charge in [0.1, 0.15) is 17.3 Å². The van der Waals surface area contributed by atoms with E-state index in [0.29, 0.717) is 10.2 Å². The highest BCUT2D eigenvalue weighted by molar-refractivity contribution is 9.10. The monoisotopic (exact) mass is 323 g/mol.